The van der Waals surface area contributed by atoms with Gasteiger partial charge in [-0.25, -0.2) is 4.99 Å². The van der Waals surface area contributed by atoms with Gasteiger partial charge in [-0.05, 0) is 26.2 Å². The van der Waals surface area contributed by atoms with Crippen molar-refractivity contribution < 1.29 is 14.3 Å². The lowest BCUT2D eigenvalue weighted by Gasteiger charge is -2.34. The average Bonchev–Trinajstić information content (AvgIpc) is 3.19. The number of hydrogen-bond donors (Lipinski definition) is 0. The van der Waals surface area contributed by atoms with Crippen LogP contribution in [0.3, 0.4) is 0 Å². The molecule has 1 saturated carbocycles. The SMILES string of the molecule is CCN1C=C2C=C(OCCCC(=O)N(C)C3CCCCC3)CN2C2=C1C(=O)CC=N2. The van der Waals surface area contributed by atoms with Gasteiger partial charge in [-0.3, -0.25) is 9.59 Å². The maximum atomic E-state index is 12.5. The highest BCUT2D eigenvalue weighted by atomic mass is 16.5. The number of rotatable bonds is 7. The Morgan fingerprint density at radius 1 is 1.30 bits per heavy atom. The maximum Gasteiger partial charge on any atom is 0.222 e. The fourth-order valence-electron chi connectivity index (χ4n) is 4.66. The van der Waals surface area contributed by atoms with Crippen LogP contribution in [0.1, 0.15) is 58.3 Å². The minimum atomic E-state index is 0.104. The lowest BCUT2D eigenvalue weighted by atomic mass is 9.94. The summed E-state index contributed by atoms with van der Waals surface area (Å²) in [5.41, 5.74) is 1.67. The predicted octanol–water partition coefficient (Wildman–Crippen LogP) is 3.16. The Kier molecular flexibility index (Phi) is 6.25. The van der Waals surface area contributed by atoms with Crippen LogP contribution in [0.5, 0.6) is 0 Å². The van der Waals surface area contributed by atoms with E-state index in [1.165, 1.54) is 19.3 Å². The molecule has 3 heterocycles. The molecule has 7 heteroatoms. The van der Waals surface area contributed by atoms with E-state index in [2.05, 4.69) is 4.99 Å². The Hall–Kier alpha value is -2.57. The summed E-state index contributed by atoms with van der Waals surface area (Å²) < 4.78 is 5.98. The smallest absolute Gasteiger partial charge is 0.222 e. The molecule has 0 radical (unpaired) electrons. The predicted molar refractivity (Wildman–Crippen MR) is 115 cm³/mol. The van der Waals surface area contributed by atoms with E-state index in [-0.39, 0.29) is 11.7 Å². The summed E-state index contributed by atoms with van der Waals surface area (Å²) in [6.45, 7) is 3.84. The second kappa shape index (κ2) is 9.06. The van der Waals surface area contributed by atoms with Crippen molar-refractivity contribution in [2.24, 2.45) is 4.99 Å². The van der Waals surface area contributed by atoms with E-state index in [1.54, 1.807) is 6.21 Å². The van der Waals surface area contributed by atoms with E-state index in [0.717, 1.165) is 30.8 Å². The Morgan fingerprint density at radius 2 is 2.10 bits per heavy atom. The number of amides is 1. The van der Waals surface area contributed by atoms with E-state index in [4.69, 9.17) is 4.74 Å². The van der Waals surface area contributed by atoms with Gasteiger partial charge in [-0.15, -0.1) is 0 Å². The molecular weight excluding hydrogens is 380 g/mol. The lowest BCUT2D eigenvalue weighted by molar-refractivity contribution is -0.132. The fourth-order valence-corrected chi connectivity index (χ4v) is 4.66. The van der Waals surface area contributed by atoms with Gasteiger partial charge >= 0.3 is 0 Å². The molecule has 0 saturated heterocycles. The third kappa shape index (κ3) is 4.16. The minimum absolute atomic E-state index is 0.104. The number of allylic oxidation sites excluding steroid dienone is 2. The van der Waals surface area contributed by atoms with E-state index in [9.17, 15) is 9.59 Å². The molecule has 162 valence electrons. The standard InChI is InChI=1S/C23H32N4O3/c1-3-26-15-18-14-19(16-27(18)23-22(26)20(28)11-12-24-23)30-13-7-10-21(29)25(2)17-8-5-4-6-9-17/h12,14-15,17H,3-11,13,16H2,1-2H3. The number of hydrogen-bond acceptors (Lipinski definition) is 6. The number of ether oxygens (including phenoxy) is 1. The highest BCUT2D eigenvalue weighted by Gasteiger charge is 2.34. The largest absolute Gasteiger partial charge is 0.496 e. The van der Waals surface area contributed by atoms with Crippen molar-refractivity contribution in [3.8, 4) is 0 Å². The number of carbonyl (C=O) groups is 2. The number of ketones is 1. The van der Waals surface area contributed by atoms with Crippen LogP contribution in [-0.2, 0) is 14.3 Å². The van der Waals surface area contributed by atoms with Crippen LogP contribution in [0, 0.1) is 0 Å². The Morgan fingerprint density at radius 3 is 2.87 bits per heavy atom. The first-order valence-corrected chi connectivity index (χ1v) is 11.2. The fraction of sp³-hybridized carbons (Fsp3) is 0.609. The lowest BCUT2D eigenvalue weighted by Crippen LogP contribution is -2.38. The molecule has 0 aromatic rings. The molecular formula is C23H32N4O3. The Labute approximate surface area is 178 Å². The quantitative estimate of drug-likeness (QED) is 0.601. The van der Waals surface area contributed by atoms with Crippen molar-refractivity contribution in [3.63, 3.8) is 0 Å². The molecule has 0 bridgehead atoms. The Balaban J connectivity index is 1.28. The summed E-state index contributed by atoms with van der Waals surface area (Å²) in [5.74, 6) is 1.89. The zero-order valence-electron chi connectivity index (χ0n) is 18.1. The van der Waals surface area contributed by atoms with Gasteiger partial charge < -0.3 is 19.4 Å². The van der Waals surface area contributed by atoms with Crippen LogP contribution in [0.4, 0.5) is 0 Å². The maximum absolute atomic E-state index is 12.5. The van der Waals surface area contributed by atoms with Crippen LogP contribution in [0.25, 0.3) is 0 Å². The summed E-state index contributed by atoms with van der Waals surface area (Å²) in [6.07, 6.45) is 13.3. The summed E-state index contributed by atoms with van der Waals surface area (Å²) in [4.78, 5) is 35.3. The molecule has 0 unspecified atom stereocenters. The summed E-state index contributed by atoms with van der Waals surface area (Å²) >= 11 is 0. The van der Waals surface area contributed by atoms with Crippen molar-refractivity contribution in [2.75, 3.05) is 26.7 Å². The van der Waals surface area contributed by atoms with E-state index in [1.807, 2.05) is 40.9 Å². The topological polar surface area (TPSA) is 65.5 Å². The van der Waals surface area contributed by atoms with Crippen molar-refractivity contribution >= 4 is 17.9 Å². The van der Waals surface area contributed by atoms with Gasteiger partial charge in [0.15, 0.2) is 11.6 Å². The molecule has 0 atom stereocenters. The number of carbonyl (C=O) groups excluding carboxylic acids is 2. The monoisotopic (exact) mass is 412 g/mol. The molecule has 0 aromatic heterocycles. The highest BCUT2D eigenvalue weighted by Crippen LogP contribution is 2.35. The summed E-state index contributed by atoms with van der Waals surface area (Å²) in [7, 11) is 1.94. The average molecular weight is 413 g/mol. The Bertz CT molecular complexity index is 820. The van der Waals surface area contributed by atoms with Crippen molar-refractivity contribution in [2.45, 2.75) is 64.3 Å². The number of Topliss-reactive ketones (excluding diaryl/α,β-unsaturated/α-hetero) is 1. The zero-order valence-corrected chi connectivity index (χ0v) is 18.1. The number of aliphatic imine (C=N–C) groups is 1. The molecule has 3 aliphatic heterocycles. The van der Waals surface area contributed by atoms with Crippen LogP contribution in [0.15, 0.2) is 40.2 Å². The minimum Gasteiger partial charge on any atom is -0.496 e. The molecule has 0 N–H and O–H groups in total. The molecule has 0 spiro atoms. The summed E-state index contributed by atoms with van der Waals surface area (Å²) in [6, 6.07) is 0.412. The van der Waals surface area contributed by atoms with Crippen molar-refractivity contribution in [1.82, 2.24) is 14.7 Å². The van der Waals surface area contributed by atoms with E-state index >= 15 is 0 Å². The van der Waals surface area contributed by atoms with Gasteiger partial charge in [0, 0.05) is 51.0 Å². The first-order valence-electron chi connectivity index (χ1n) is 11.2. The second-order valence-corrected chi connectivity index (χ2v) is 8.40. The molecule has 4 rings (SSSR count). The van der Waals surface area contributed by atoms with Gasteiger partial charge in [0.1, 0.15) is 11.5 Å². The second-order valence-electron chi connectivity index (χ2n) is 8.40. The molecule has 1 fully saturated rings. The molecule has 30 heavy (non-hydrogen) atoms. The first kappa shape index (κ1) is 20.7. The molecule has 1 aliphatic carbocycles. The van der Waals surface area contributed by atoms with Crippen LogP contribution in [0.2, 0.25) is 0 Å². The van der Waals surface area contributed by atoms with Crippen molar-refractivity contribution in [1.29, 1.82) is 0 Å². The molecule has 0 aromatic carbocycles. The van der Waals surface area contributed by atoms with Gasteiger partial charge in [0.2, 0.25) is 5.91 Å². The molecule has 7 nitrogen and oxygen atoms in total. The van der Waals surface area contributed by atoms with Gasteiger partial charge in [0.05, 0.1) is 18.8 Å². The molecule has 1 amide bonds. The third-order valence-electron chi connectivity index (χ3n) is 6.41. The van der Waals surface area contributed by atoms with E-state index in [0.29, 0.717) is 50.0 Å². The third-order valence-corrected chi connectivity index (χ3v) is 6.41. The van der Waals surface area contributed by atoms with Crippen molar-refractivity contribution in [3.05, 3.63) is 35.3 Å². The number of fused-ring (bicyclic) bond motifs is 2. The first-order chi connectivity index (χ1) is 14.6. The van der Waals surface area contributed by atoms with Gasteiger partial charge in [-0.2, -0.15) is 0 Å². The zero-order chi connectivity index (χ0) is 21.1. The van der Waals surface area contributed by atoms with Crippen LogP contribution in [-0.4, -0.2) is 65.4 Å². The van der Waals surface area contributed by atoms with Gasteiger partial charge in [0.25, 0.3) is 0 Å². The highest BCUT2D eigenvalue weighted by molar-refractivity contribution is 6.05. The number of likely N-dealkylation sites (N-methyl/N-ethyl adjacent to an activating group) is 1. The number of nitrogens with zero attached hydrogens (tertiary/aromatic N) is 4. The van der Waals surface area contributed by atoms with Crippen LogP contribution >= 0.6 is 0 Å². The normalized spacial score (nSPS) is 21.3. The van der Waals surface area contributed by atoms with Crippen LogP contribution < -0.4 is 0 Å². The molecule has 4 aliphatic rings. The van der Waals surface area contributed by atoms with Gasteiger partial charge in [-0.1, -0.05) is 19.3 Å². The van der Waals surface area contributed by atoms with E-state index < -0.39 is 0 Å². The summed E-state index contributed by atoms with van der Waals surface area (Å²) in [5, 5.41) is 0.